The van der Waals surface area contributed by atoms with Gasteiger partial charge in [0.1, 0.15) is 6.10 Å². The van der Waals surface area contributed by atoms with Gasteiger partial charge in [-0.3, -0.25) is 0 Å². The first-order chi connectivity index (χ1) is 5.11. The second-order valence-electron chi connectivity index (χ2n) is 2.27. The monoisotopic (exact) mass is 162 g/mol. The van der Waals surface area contributed by atoms with Crippen LogP contribution in [0.3, 0.4) is 0 Å². The maximum absolute atomic E-state index is 10.1. The zero-order valence-corrected chi connectivity index (χ0v) is 7.03. The third-order valence-corrected chi connectivity index (χ3v) is 1.52. The molecule has 0 aliphatic rings. The molecule has 0 spiro atoms. The molecule has 0 aromatic heterocycles. The summed E-state index contributed by atoms with van der Waals surface area (Å²) in [6, 6.07) is 0. The van der Waals surface area contributed by atoms with Crippen LogP contribution in [0.4, 0.5) is 4.79 Å². The Balaban J connectivity index is 3.78. The van der Waals surface area contributed by atoms with Crippen molar-refractivity contribution in [2.75, 3.05) is 7.11 Å². The predicted octanol–water partition coefficient (Wildman–Crippen LogP) is 1.49. The van der Waals surface area contributed by atoms with Gasteiger partial charge in [0, 0.05) is 7.11 Å². The highest BCUT2D eigenvalue weighted by Gasteiger charge is 2.17. The molecule has 0 saturated carbocycles. The summed E-state index contributed by atoms with van der Waals surface area (Å²) >= 11 is 0. The molecule has 0 rings (SSSR count). The van der Waals surface area contributed by atoms with Crippen molar-refractivity contribution in [3.05, 3.63) is 0 Å². The van der Waals surface area contributed by atoms with Gasteiger partial charge < -0.3 is 14.6 Å². The molecule has 2 unspecified atom stereocenters. The zero-order valence-electron chi connectivity index (χ0n) is 7.03. The highest BCUT2D eigenvalue weighted by Crippen LogP contribution is 2.06. The number of hydrogen-bond acceptors (Lipinski definition) is 3. The first-order valence-corrected chi connectivity index (χ1v) is 3.54. The lowest BCUT2D eigenvalue weighted by Gasteiger charge is -2.19. The van der Waals surface area contributed by atoms with E-state index in [1.807, 2.05) is 6.92 Å². The van der Waals surface area contributed by atoms with E-state index in [1.54, 1.807) is 6.92 Å². The van der Waals surface area contributed by atoms with Crippen molar-refractivity contribution in [1.29, 1.82) is 0 Å². The molecule has 1 N–H and O–H groups in total. The van der Waals surface area contributed by atoms with Crippen molar-refractivity contribution in [3.63, 3.8) is 0 Å². The van der Waals surface area contributed by atoms with Crippen LogP contribution in [0, 0.1) is 0 Å². The maximum Gasteiger partial charge on any atom is 0.506 e. The third kappa shape index (κ3) is 3.83. The molecule has 0 bridgehead atoms. The van der Waals surface area contributed by atoms with Crippen molar-refractivity contribution < 1.29 is 19.4 Å². The van der Waals surface area contributed by atoms with Gasteiger partial charge in [-0.2, -0.15) is 0 Å². The topological polar surface area (TPSA) is 55.8 Å². The molecule has 0 aliphatic carbocycles. The molecule has 0 aliphatic heterocycles. The Morgan fingerprint density at radius 1 is 1.64 bits per heavy atom. The highest BCUT2D eigenvalue weighted by molar-refractivity contribution is 5.57. The van der Waals surface area contributed by atoms with Crippen LogP contribution >= 0.6 is 0 Å². The Labute approximate surface area is 66.1 Å². The van der Waals surface area contributed by atoms with Crippen LogP contribution in [0.15, 0.2) is 0 Å². The zero-order chi connectivity index (χ0) is 8.85. The number of methoxy groups -OCH3 is 1. The SMILES string of the molecule is CCC(OC)C(C)OC(=O)O. The first kappa shape index (κ1) is 10.2. The maximum atomic E-state index is 10.1. The van der Waals surface area contributed by atoms with Gasteiger partial charge in [0.15, 0.2) is 0 Å². The van der Waals surface area contributed by atoms with Gasteiger partial charge >= 0.3 is 6.16 Å². The largest absolute Gasteiger partial charge is 0.506 e. The molecule has 66 valence electrons. The predicted molar refractivity (Wildman–Crippen MR) is 39.7 cm³/mol. The van der Waals surface area contributed by atoms with Gasteiger partial charge in [0.05, 0.1) is 6.10 Å². The molecule has 2 atom stereocenters. The number of carbonyl (C=O) groups is 1. The molecule has 0 aromatic carbocycles. The Hall–Kier alpha value is -0.770. The number of hydrogen-bond donors (Lipinski definition) is 1. The molecular formula is C7H14O4. The summed E-state index contributed by atoms with van der Waals surface area (Å²) in [5, 5.41) is 8.25. The summed E-state index contributed by atoms with van der Waals surface area (Å²) in [4.78, 5) is 10.1. The summed E-state index contributed by atoms with van der Waals surface area (Å²) in [5.74, 6) is 0. The van der Waals surface area contributed by atoms with E-state index in [-0.39, 0.29) is 6.10 Å². The molecule has 0 radical (unpaired) electrons. The van der Waals surface area contributed by atoms with E-state index >= 15 is 0 Å². The van der Waals surface area contributed by atoms with Crippen molar-refractivity contribution >= 4 is 6.16 Å². The lowest BCUT2D eigenvalue weighted by molar-refractivity contribution is -0.0308. The van der Waals surface area contributed by atoms with E-state index in [9.17, 15) is 4.79 Å². The second-order valence-corrected chi connectivity index (χ2v) is 2.27. The second kappa shape index (κ2) is 4.96. The lowest BCUT2D eigenvalue weighted by Crippen LogP contribution is -2.29. The number of carboxylic acid groups (broad SMARTS) is 1. The van der Waals surface area contributed by atoms with Gasteiger partial charge in [-0.1, -0.05) is 6.92 Å². The summed E-state index contributed by atoms with van der Waals surface area (Å²) in [7, 11) is 1.54. The fourth-order valence-corrected chi connectivity index (χ4v) is 0.925. The van der Waals surface area contributed by atoms with Crippen LogP contribution < -0.4 is 0 Å². The van der Waals surface area contributed by atoms with Gasteiger partial charge in [-0.25, -0.2) is 4.79 Å². The van der Waals surface area contributed by atoms with Crippen molar-refractivity contribution in [3.8, 4) is 0 Å². The van der Waals surface area contributed by atoms with Gasteiger partial charge in [-0.15, -0.1) is 0 Å². The number of rotatable bonds is 4. The minimum absolute atomic E-state index is 0.147. The molecule has 0 heterocycles. The van der Waals surface area contributed by atoms with Crippen LogP contribution in [0.2, 0.25) is 0 Å². The Morgan fingerprint density at radius 3 is 2.45 bits per heavy atom. The van der Waals surface area contributed by atoms with Gasteiger partial charge in [0.2, 0.25) is 0 Å². The third-order valence-electron chi connectivity index (χ3n) is 1.52. The molecular weight excluding hydrogens is 148 g/mol. The Bertz CT molecular complexity index is 120. The summed E-state index contributed by atoms with van der Waals surface area (Å²) < 4.78 is 9.46. The summed E-state index contributed by atoms with van der Waals surface area (Å²) in [6.07, 6.45) is -1.06. The van der Waals surface area contributed by atoms with E-state index in [2.05, 4.69) is 4.74 Å². The fourth-order valence-electron chi connectivity index (χ4n) is 0.925. The van der Waals surface area contributed by atoms with E-state index < -0.39 is 12.3 Å². The molecule has 0 fully saturated rings. The summed E-state index contributed by atoms with van der Waals surface area (Å²) in [5.41, 5.74) is 0. The molecule has 0 amide bonds. The van der Waals surface area contributed by atoms with E-state index in [4.69, 9.17) is 9.84 Å². The Morgan fingerprint density at radius 2 is 2.18 bits per heavy atom. The quantitative estimate of drug-likeness (QED) is 0.636. The first-order valence-electron chi connectivity index (χ1n) is 3.54. The molecule has 0 saturated heterocycles. The van der Waals surface area contributed by atoms with Crippen LogP contribution in [-0.4, -0.2) is 30.6 Å². The van der Waals surface area contributed by atoms with E-state index in [0.717, 1.165) is 6.42 Å². The average Bonchev–Trinajstić information content (AvgIpc) is 1.88. The van der Waals surface area contributed by atoms with Crippen LogP contribution in [0.1, 0.15) is 20.3 Å². The molecule has 4 heteroatoms. The van der Waals surface area contributed by atoms with Crippen molar-refractivity contribution in [1.82, 2.24) is 0 Å². The highest BCUT2D eigenvalue weighted by atomic mass is 16.7. The molecule has 0 aromatic rings. The fraction of sp³-hybridized carbons (Fsp3) is 0.857. The van der Waals surface area contributed by atoms with E-state index in [0.29, 0.717) is 0 Å². The minimum atomic E-state index is -1.26. The van der Waals surface area contributed by atoms with E-state index in [1.165, 1.54) is 7.11 Å². The normalized spacial score (nSPS) is 15.5. The minimum Gasteiger partial charge on any atom is -0.450 e. The van der Waals surface area contributed by atoms with Crippen molar-refractivity contribution in [2.45, 2.75) is 32.5 Å². The molecule has 4 nitrogen and oxygen atoms in total. The average molecular weight is 162 g/mol. The Kier molecular flexibility index (Phi) is 4.61. The standard InChI is InChI=1S/C7H14O4/c1-4-6(10-3)5(2)11-7(8)9/h5-6H,4H2,1-3H3,(H,8,9). The molecule has 11 heavy (non-hydrogen) atoms. The van der Waals surface area contributed by atoms with Crippen molar-refractivity contribution in [2.24, 2.45) is 0 Å². The van der Waals surface area contributed by atoms with Crippen LogP contribution in [-0.2, 0) is 9.47 Å². The van der Waals surface area contributed by atoms with Crippen LogP contribution in [0.25, 0.3) is 0 Å². The number of ether oxygens (including phenoxy) is 2. The summed E-state index contributed by atoms with van der Waals surface area (Å²) in [6.45, 7) is 3.58. The van der Waals surface area contributed by atoms with Crippen LogP contribution in [0.5, 0.6) is 0 Å². The lowest BCUT2D eigenvalue weighted by atomic mass is 10.2. The smallest absolute Gasteiger partial charge is 0.450 e. The van der Waals surface area contributed by atoms with Gasteiger partial charge in [0.25, 0.3) is 0 Å². The van der Waals surface area contributed by atoms with Gasteiger partial charge in [-0.05, 0) is 13.3 Å².